The molecule has 0 aliphatic carbocycles. The van der Waals surface area contributed by atoms with Crippen LogP contribution in [0.25, 0.3) is 10.9 Å². The summed E-state index contributed by atoms with van der Waals surface area (Å²) >= 11 is 0. The third kappa shape index (κ3) is 3.52. The Morgan fingerprint density at radius 3 is 2.90 bits per heavy atom. The summed E-state index contributed by atoms with van der Waals surface area (Å²) in [6.45, 7) is 1.97. The van der Waals surface area contributed by atoms with Crippen molar-refractivity contribution in [1.29, 1.82) is 5.26 Å². The Morgan fingerprint density at radius 1 is 1.43 bits per heavy atom. The lowest BCUT2D eigenvalue weighted by atomic mass is 10.1. The Labute approximate surface area is 123 Å². The minimum Gasteiger partial charge on any atom is -0.390 e. The van der Waals surface area contributed by atoms with E-state index in [9.17, 15) is 5.11 Å². The van der Waals surface area contributed by atoms with Crippen LogP contribution in [0.1, 0.15) is 31.7 Å². The minimum atomic E-state index is -0.109. The lowest BCUT2D eigenvalue weighted by molar-refractivity contribution is 0.354. The molecule has 1 heterocycles. The first kappa shape index (κ1) is 14.9. The first-order valence-corrected chi connectivity index (χ1v) is 6.82. The number of nitrogens with two attached hydrogens (primary N) is 1. The smallest absolute Gasteiger partial charge is 0.222 e. The molecule has 0 saturated heterocycles. The molecule has 6 nitrogen and oxygen atoms in total. The summed E-state index contributed by atoms with van der Waals surface area (Å²) in [4.78, 5) is 12.7. The molecule has 0 spiro atoms. The monoisotopic (exact) mass is 283 g/mol. The fraction of sp³-hybridized carbons (Fsp3) is 0.333. The van der Waals surface area contributed by atoms with Gasteiger partial charge in [0.25, 0.3) is 0 Å². The zero-order valence-electron chi connectivity index (χ0n) is 11.9. The molecule has 6 heteroatoms. The van der Waals surface area contributed by atoms with Gasteiger partial charge in [-0.2, -0.15) is 10.2 Å². The SMILES string of the molecule is CCCC/C(CO)=N\c1nc(N)nc2cc(C#N)ccc12. The number of nitriles is 1. The Balaban J connectivity index is 2.52. The van der Waals surface area contributed by atoms with Crippen LogP contribution in [-0.4, -0.2) is 27.4 Å². The standard InChI is InChI=1S/C15H17N5O/c1-2-3-4-11(9-21)18-14-12-6-5-10(8-16)7-13(12)19-15(17)20-14/h5-7,21H,2-4,9H2,1H3,(H2,17,19,20)/b18-11+. The maximum atomic E-state index is 9.39. The van der Waals surface area contributed by atoms with Crippen molar-refractivity contribution in [2.24, 2.45) is 4.99 Å². The van der Waals surface area contributed by atoms with Crippen molar-refractivity contribution in [3.63, 3.8) is 0 Å². The number of aliphatic hydroxyl groups excluding tert-OH is 1. The second-order valence-corrected chi connectivity index (χ2v) is 4.69. The van der Waals surface area contributed by atoms with E-state index in [4.69, 9.17) is 11.0 Å². The third-order valence-corrected chi connectivity index (χ3v) is 3.09. The lowest BCUT2D eigenvalue weighted by Crippen LogP contribution is -2.05. The zero-order chi connectivity index (χ0) is 15.2. The van der Waals surface area contributed by atoms with Crippen LogP contribution in [0.3, 0.4) is 0 Å². The Bertz CT molecular complexity index is 718. The molecule has 1 aromatic carbocycles. The van der Waals surface area contributed by atoms with E-state index in [1.54, 1.807) is 18.2 Å². The average molecular weight is 283 g/mol. The van der Waals surface area contributed by atoms with Gasteiger partial charge in [0.15, 0.2) is 5.82 Å². The van der Waals surface area contributed by atoms with Crippen molar-refractivity contribution >= 4 is 28.4 Å². The third-order valence-electron chi connectivity index (χ3n) is 3.09. The summed E-state index contributed by atoms with van der Waals surface area (Å²) in [6.07, 6.45) is 2.70. The molecule has 0 aliphatic heterocycles. The molecule has 0 saturated carbocycles. The molecule has 2 aromatic rings. The lowest BCUT2D eigenvalue weighted by Gasteiger charge is -2.06. The number of hydrogen-bond acceptors (Lipinski definition) is 6. The van der Waals surface area contributed by atoms with Gasteiger partial charge in [-0.05, 0) is 31.0 Å². The zero-order valence-corrected chi connectivity index (χ0v) is 11.9. The summed E-state index contributed by atoms with van der Waals surface area (Å²) in [5.74, 6) is 0.534. The Hall–Kier alpha value is -2.52. The average Bonchev–Trinajstić information content (AvgIpc) is 2.50. The van der Waals surface area contributed by atoms with Gasteiger partial charge in [0, 0.05) is 11.1 Å². The molecule has 0 unspecified atom stereocenters. The van der Waals surface area contributed by atoms with E-state index in [1.165, 1.54) is 0 Å². The van der Waals surface area contributed by atoms with E-state index in [1.807, 2.05) is 0 Å². The maximum Gasteiger partial charge on any atom is 0.222 e. The highest BCUT2D eigenvalue weighted by Crippen LogP contribution is 2.25. The molecule has 0 fully saturated rings. The predicted molar refractivity (Wildman–Crippen MR) is 82.4 cm³/mol. The second-order valence-electron chi connectivity index (χ2n) is 4.69. The molecule has 0 atom stereocenters. The van der Waals surface area contributed by atoms with E-state index >= 15 is 0 Å². The number of aliphatic imine (C=N–C) groups is 1. The van der Waals surface area contributed by atoms with Crippen molar-refractivity contribution in [3.8, 4) is 6.07 Å². The van der Waals surface area contributed by atoms with Gasteiger partial charge in [0.05, 0.1) is 23.8 Å². The van der Waals surface area contributed by atoms with Crippen LogP contribution >= 0.6 is 0 Å². The van der Waals surface area contributed by atoms with Crippen molar-refractivity contribution in [1.82, 2.24) is 9.97 Å². The number of aliphatic hydroxyl groups is 1. The number of fused-ring (bicyclic) bond motifs is 1. The summed E-state index contributed by atoms with van der Waals surface area (Å²) in [5, 5.41) is 19.0. The van der Waals surface area contributed by atoms with Gasteiger partial charge in [-0.25, -0.2) is 9.98 Å². The first-order chi connectivity index (χ1) is 10.2. The summed E-state index contributed by atoms with van der Waals surface area (Å²) in [6, 6.07) is 7.15. The predicted octanol–water partition coefficient (Wildman–Crippen LogP) is 2.34. The van der Waals surface area contributed by atoms with E-state index in [2.05, 4.69) is 28.0 Å². The molecule has 2 rings (SSSR count). The van der Waals surface area contributed by atoms with Crippen LogP contribution in [0.2, 0.25) is 0 Å². The number of nitrogens with zero attached hydrogens (tertiary/aromatic N) is 4. The van der Waals surface area contributed by atoms with Crippen molar-refractivity contribution < 1.29 is 5.11 Å². The molecule has 21 heavy (non-hydrogen) atoms. The van der Waals surface area contributed by atoms with Gasteiger partial charge in [-0.1, -0.05) is 13.3 Å². The summed E-state index contributed by atoms with van der Waals surface area (Å²) < 4.78 is 0. The number of aromatic nitrogens is 2. The van der Waals surface area contributed by atoms with Crippen LogP contribution in [0, 0.1) is 11.3 Å². The highest BCUT2D eigenvalue weighted by atomic mass is 16.3. The topological polar surface area (TPSA) is 108 Å². The quantitative estimate of drug-likeness (QED) is 0.819. The number of nitrogen functional groups attached to an aromatic ring is 1. The van der Waals surface area contributed by atoms with Gasteiger partial charge < -0.3 is 10.8 Å². The van der Waals surface area contributed by atoms with E-state index in [0.29, 0.717) is 34.4 Å². The highest BCUT2D eigenvalue weighted by molar-refractivity contribution is 5.94. The van der Waals surface area contributed by atoms with Gasteiger partial charge in [-0.15, -0.1) is 0 Å². The van der Waals surface area contributed by atoms with Crippen molar-refractivity contribution in [2.45, 2.75) is 26.2 Å². The molecule has 0 radical (unpaired) electrons. The van der Waals surface area contributed by atoms with E-state index < -0.39 is 0 Å². The van der Waals surface area contributed by atoms with Crippen molar-refractivity contribution in [3.05, 3.63) is 23.8 Å². The van der Waals surface area contributed by atoms with Crippen molar-refractivity contribution in [2.75, 3.05) is 12.3 Å². The molecular weight excluding hydrogens is 266 g/mol. The number of benzene rings is 1. The van der Waals surface area contributed by atoms with E-state index in [0.717, 1.165) is 12.8 Å². The molecule has 0 bridgehead atoms. The van der Waals surface area contributed by atoms with Gasteiger partial charge in [-0.3, -0.25) is 0 Å². The van der Waals surface area contributed by atoms with Crippen LogP contribution in [0.4, 0.5) is 11.8 Å². The summed E-state index contributed by atoms with van der Waals surface area (Å²) in [5.41, 5.74) is 7.44. The normalized spacial score (nSPS) is 11.6. The molecular formula is C15H17N5O. The fourth-order valence-electron chi connectivity index (χ4n) is 1.99. The van der Waals surface area contributed by atoms with E-state index in [-0.39, 0.29) is 12.6 Å². The van der Waals surface area contributed by atoms with Gasteiger partial charge in [0.2, 0.25) is 5.95 Å². The van der Waals surface area contributed by atoms with Crippen LogP contribution in [0.5, 0.6) is 0 Å². The molecule has 0 amide bonds. The Kier molecular flexibility index (Phi) is 4.80. The van der Waals surface area contributed by atoms with Crippen LogP contribution in [-0.2, 0) is 0 Å². The molecule has 108 valence electrons. The molecule has 3 N–H and O–H groups in total. The summed E-state index contributed by atoms with van der Waals surface area (Å²) in [7, 11) is 0. The maximum absolute atomic E-state index is 9.39. The Morgan fingerprint density at radius 2 is 2.24 bits per heavy atom. The number of rotatable bonds is 5. The number of unbranched alkanes of at least 4 members (excludes halogenated alkanes) is 1. The molecule has 0 aliphatic rings. The highest BCUT2D eigenvalue weighted by Gasteiger charge is 2.08. The number of anilines is 1. The number of hydrogen-bond donors (Lipinski definition) is 2. The second kappa shape index (κ2) is 6.77. The van der Waals surface area contributed by atoms with Gasteiger partial charge >= 0.3 is 0 Å². The van der Waals surface area contributed by atoms with Crippen LogP contribution < -0.4 is 5.73 Å². The fourth-order valence-corrected chi connectivity index (χ4v) is 1.99. The minimum absolute atomic E-state index is 0.101. The van der Waals surface area contributed by atoms with Crippen LogP contribution in [0.15, 0.2) is 23.2 Å². The first-order valence-electron chi connectivity index (χ1n) is 6.82. The van der Waals surface area contributed by atoms with Gasteiger partial charge in [0.1, 0.15) is 0 Å². The largest absolute Gasteiger partial charge is 0.390 e. The molecule has 1 aromatic heterocycles.